The van der Waals surface area contributed by atoms with Gasteiger partial charge in [-0.2, -0.15) is 0 Å². The highest BCUT2D eigenvalue weighted by atomic mass is 16.3. The molecule has 3 amide bonds. The zero-order chi connectivity index (χ0) is 52.8. The van der Waals surface area contributed by atoms with Crippen molar-refractivity contribution in [2.75, 3.05) is 16.0 Å². The largest absolute Gasteiger partial charge is 0.508 e. The summed E-state index contributed by atoms with van der Waals surface area (Å²) >= 11 is 0. The zero-order valence-electron chi connectivity index (χ0n) is 44.8. The third kappa shape index (κ3) is 8.87. The molecule has 9 heteroatoms. The topological polar surface area (TPSA) is 148 Å². The van der Waals surface area contributed by atoms with E-state index in [9.17, 15) is 29.7 Å². The first-order chi connectivity index (χ1) is 36.1. The number of hydrogen-bond donors (Lipinski definition) is 6. The minimum Gasteiger partial charge on any atom is -0.508 e. The van der Waals surface area contributed by atoms with Gasteiger partial charge in [-0.25, -0.2) is 0 Å². The molecule has 0 saturated heterocycles. The standard InChI is InChI=1S/C23H27NO2.C22H25NO2.C21H23NO2/c1-15-13-16(2)21-20(14-15)23(22(26)24-21,17-7-5-3-4-6-8-17)18-9-11-19(25)12-10-18;1-14-12-15(2)20-19(13-14)22(21(25)23-20,16-6-4-3-5-7-16)17-8-10-18(24)11-9-17;1-13-11-14(2)19-18(12-13)21(20(24)22-19,15-5-3-4-6-15)16-7-9-17(23)10-8-16/h9-14,17,25H,3-8H2,1-2H3,(H,24,26);8-13,16,24H,3-7H2,1-2H3,(H,23,25);7-12,15,23H,3-6H2,1-2H3,(H,22,24). The van der Waals surface area contributed by atoms with Crippen molar-refractivity contribution in [1.29, 1.82) is 0 Å². The molecule has 6 aliphatic rings. The fourth-order valence-corrected chi connectivity index (χ4v) is 14.9. The Hall–Kier alpha value is -6.87. The first-order valence-electron chi connectivity index (χ1n) is 27.8. The molecule has 0 spiro atoms. The van der Waals surface area contributed by atoms with Crippen LogP contribution in [0.4, 0.5) is 17.1 Å². The fourth-order valence-electron chi connectivity index (χ4n) is 14.9. The number of amides is 3. The first kappa shape index (κ1) is 51.6. The second-order valence-corrected chi connectivity index (χ2v) is 22.9. The van der Waals surface area contributed by atoms with E-state index in [4.69, 9.17) is 0 Å². The average Bonchev–Trinajstić information content (AvgIpc) is 4.11. The second kappa shape index (κ2) is 20.7. The molecule has 3 heterocycles. The van der Waals surface area contributed by atoms with Gasteiger partial charge in [-0.15, -0.1) is 0 Å². The van der Waals surface area contributed by atoms with Crippen molar-refractivity contribution in [3.05, 3.63) is 176 Å². The number of aryl methyl sites for hydroxylation is 6. The predicted octanol–water partition coefficient (Wildman–Crippen LogP) is 14.5. The summed E-state index contributed by atoms with van der Waals surface area (Å²) in [5.74, 6) is 1.89. The number of benzene rings is 6. The number of hydrogen-bond acceptors (Lipinski definition) is 6. The Morgan fingerprint density at radius 1 is 0.347 bits per heavy atom. The predicted molar refractivity (Wildman–Crippen MR) is 300 cm³/mol. The maximum absolute atomic E-state index is 13.5. The summed E-state index contributed by atoms with van der Waals surface area (Å²) in [6.07, 6.45) is 17.3. The van der Waals surface area contributed by atoms with Gasteiger partial charge in [-0.1, -0.05) is 147 Å². The number of aromatic hydroxyl groups is 3. The Labute approximate surface area is 443 Å². The average molecular weight is 1010 g/mol. The molecule has 12 rings (SSSR count). The van der Waals surface area contributed by atoms with Crippen LogP contribution in [0.1, 0.15) is 163 Å². The lowest BCUT2D eigenvalue weighted by atomic mass is 9.62. The van der Waals surface area contributed by atoms with Crippen molar-refractivity contribution in [3.8, 4) is 17.2 Å². The Balaban J connectivity index is 0.000000128. The molecule has 0 aromatic heterocycles. The number of phenolic OH excluding ortho intramolecular Hbond substituents is 3. The molecule has 0 bridgehead atoms. The van der Waals surface area contributed by atoms with E-state index in [0.29, 0.717) is 11.8 Å². The molecule has 3 unspecified atom stereocenters. The van der Waals surface area contributed by atoms with Crippen molar-refractivity contribution in [1.82, 2.24) is 0 Å². The Bertz CT molecular complexity index is 3120. The van der Waals surface area contributed by atoms with Crippen molar-refractivity contribution in [2.24, 2.45) is 17.8 Å². The summed E-state index contributed by atoms with van der Waals surface area (Å²) < 4.78 is 0. The molecular formula is C66H75N3O6. The molecule has 6 N–H and O–H groups in total. The van der Waals surface area contributed by atoms with Crippen LogP contribution in [-0.4, -0.2) is 33.0 Å². The van der Waals surface area contributed by atoms with Gasteiger partial charge in [0.05, 0.1) is 0 Å². The van der Waals surface area contributed by atoms with Crippen molar-refractivity contribution < 1.29 is 29.7 Å². The van der Waals surface area contributed by atoms with E-state index < -0.39 is 16.2 Å². The number of carbonyl (C=O) groups excluding carboxylic acids is 3. The Morgan fingerprint density at radius 3 is 0.827 bits per heavy atom. The smallest absolute Gasteiger partial charge is 0.239 e. The van der Waals surface area contributed by atoms with Crippen LogP contribution in [0.25, 0.3) is 0 Å². The summed E-state index contributed by atoms with van der Waals surface area (Å²) in [7, 11) is 0. The van der Waals surface area contributed by atoms with Crippen LogP contribution in [-0.2, 0) is 30.6 Å². The molecule has 3 saturated carbocycles. The minimum absolute atomic E-state index is 0.0868. The van der Waals surface area contributed by atoms with E-state index in [-0.39, 0.29) is 40.9 Å². The molecule has 3 fully saturated rings. The van der Waals surface area contributed by atoms with Crippen LogP contribution < -0.4 is 16.0 Å². The number of nitrogens with one attached hydrogen (secondary N) is 3. The third-order valence-electron chi connectivity index (χ3n) is 18.1. The highest BCUT2D eigenvalue weighted by Crippen LogP contribution is 2.56. The van der Waals surface area contributed by atoms with E-state index in [0.717, 1.165) is 106 Å². The molecule has 3 aliphatic heterocycles. The van der Waals surface area contributed by atoms with Crippen LogP contribution in [0.5, 0.6) is 17.2 Å². The van der Waals surface area contributed by atoms with Crippen LogP contribution in [0, 0.1) is 59.3 Å². The fraction of sp³-hybridized carbons (Fsp3) is 0.409. The minimum atomic E-state index is -0.649. The highest BCUT2D eigenvalue weighted by molar-refractivity contribution is 6.11. The maximum Gasteiger partial charge on any atom is 0.239 e. The molecule has 6 aromatic rings. The zero-order valence-corrected chi connectivity index (χ0v) is 44.8. The van der Waals surface area contributed by atoms with Gasteiger partial charge in [0.2, 0.25) is 17.7 Å². The molecule has 3 aliphatic carbocycles. The van der Waals surface area contributed by atoms with E-state index in [2.05, 4.69) is 93.9 Å². The van der Waals surface area contributed by atoms with Gasteiger partial charge < -0.3 is 31.3 Å². The molecule has 9 nitrogen and oxygen atoms in total. The van der Waals surface area contributed by atoms with Gasteiger partial charge in [0, 0.05) is 17.1 Å². The number of anilines is 3. The normalized spacial score (nSPS) is 23.4. The first-order valence-corrected chi connectivity index (χ1v) is 27.8. The summed E-state index contributed by atoms with van der Waals surface area (Å²) in [5.41, 5.74) is 14.3. The number of rotatable bonds is 6. The second-order valence-electron chi connectivity index (χ2n) is 22.9. The van der Waals surface area contributed by atoms with Crippen LogP contribution in [0.3, 0.4) is 0 Å². The van der Waals surface area contributed by atoms with Gasteiger partial charge in [-0.3, -0.25) is 14.4 Å². The molecule has 3 atom stereocenters. The monoisotopic (exact) mass is 1010 g/mol. The van der Waals surface area contributed by atoms with Crippen LogP contribution in [0.2, 0.25) is 0 Å². The molecule has 75 heavy (non-hydrogen) atoms. The van der Waals surface area contributed by atoms with E-state index in [1.54, 1.807) is 36.4 Å². The molecular weight excluding hydrogens is 931 g/mol. The lowest BCUT2D eigenvalue weighted by Gasteiger charge is -2.39. The van der Waals surface area contributed by atoms with Crippen molar-refractivity contribution in [2.45, 2.75) is 154 Å². The van der Waals surface area contributed by atoms with Crippen molar-refractivity contribution >= 4 is 34.8 Å². The van der Waals surface area contributed by atoms with E-state index in [1.807, 2.05) is 36.4 Å². The SMILES string of the molecule is Cc1cc(C)c2c(c1)C(c1ccc(O)cc1)(C1CCCC1)C(=O)N2.Cc1cc(C)c2c(c1)C(c1ccc(O)cc1)(C1CCCCC1)C(=O)N2.Cc1cc(C)c2c(c1)C(c1ccc(O)cc1)(C1CCCCCC1)C(=O)N2. The lowest BCUT2D eigenvalue weighted by molar-refractivity contribution is -0.122. The highest BCUT2D eigenvalue weighted by Gasteiger charge is 2.56. The lowest BCUT2D eigenvalue weighted by Crippen LogP contribution is -2.43. The Kier molecular flexibility index (Phi) is 14.2. The van der Waals surface area contributed by atoms with E-state index in [1.165, 1.54) is 74.5 Å². The molecule has 6 aromatic carbocycles. The number of fused-ring (bicyclic) bond motifs is 3. The summed E-state index contributed by atoms with van der Waals surface area (Å²) in [4.78, 5) is 40.3. The summed E-state index contributed by atoms with van der Waals surface area (Å²) in [5, 5.41) is 38.8. The summed E-state index contributed by atoms with van der Waals surface area (Å²) in [6, 6.07) is 34.7. The van der Waals surface area contributed by atoms with Gasteiger partial charge in [0.15, 0.2) is 0 Å². The van der Waals surface area contributed by atoms with Gasteiger partial charge >= 0.3 is 0 Å². The third-order valence-corrected chi connectivity index (χ3v) is 18.1. The molecule has 0 radical (unpaired) electrons. The Morgan fingerprint density at radius 2 is 0.573 bits per heavy atom. The van der Waals surface area contributed by atoms with Gasteiger partial charge in [0.1, 0.15) is 33.5 Å². The van der Waals surface area contributed by atoms with Gasteiger partial charge in [-0.05, 0) is 184 Å². The number of phenols is 3. The quantitative estimate of drug-likeness (QED) is 0.0916. The van der Waals surface area contributed by atoms with Crippen LogP contribution >= 0.6 is 0 Å². The summed E-state index contributed by atoms with van der Waals surface area (Å²) in [6.45, 7) is 12.5. The van der Waals surface area contributed by atoms with Crippen molar-refractivity contribution in [3.63, 3.8) is 0 Å². The van der Waals surface area contributed by atoms with Gasteiger partial charge in [0.25, 0.3) is 0 Å². The number of carbonyl (C=O) groups is 3. The molecule has 390 valence electrons. The van der Waals surface area contributed by atoms with E-state index >= 15 is 0 Å². The maximum atomic E-state index is 13.5. The van der Waals surface area contributed by atoms with Crippen LogP contribution in [0.15, 0.2) is 109 Å².